The number of anilines is 2. The van der Waals surface area contributed by atoms with Crippen molar-refractivity contribution in [2.45, 2.75) is 32.2 Å². The van der Waals surface area contributed by atoms with Crippen LogP contribution in [0.15, 0.2) is 42.9 Å². The molecule has 1 aliphatic heterocycles. The summed E-state index contributed by atoms with van der Waals surface area (Å²) in [6.45, 7) is 5.83. The Morgan fingerprint density at radius 1 is 1.15 bits per heavy atom. The number of nitrogens with one attached hydrogen (secondary N) is 1. The second-order valence-electron chi connectivity index (χ2n) is 8.39. The number of morpholine rings is 1. The fourth-order valence-corrected chi connectivity index (χ4v) is 3.88. The Morgan fingerprint density at radius 3 is 2.71 bits per heavy atom. The second-order valence-corrected chi connectivity index (χ2v) is 8.39. The van der Waals surface area contributed by atoms with E-state index in [2.05, 4.69) is 25.3 Å². The van der Waals surface area contributed by atoms with Crippen LogP contribution < -0.4 is 5.32 Å². The zero-order valence-electron chi connectivity index (χ0n) is 18.8. The van der Waals surface area contributed by atoms with E-state index in [1.807, 2.05) is 31.3 Å². The third-order valence-electron chi connectivity index (χ3n) is 5.37. The molecule has 11 heteroatoms. The van der Waals surface area contributed by atoms with Crippen molar-refractivity contribution in [1.82, 2.24) is 24.6 Å². The van der Waals surface area contributed by atoms with Gasteiger partial charge in [0, 0.05) is 43.3 Å². The summed E-state index contributed by atoms with van der Waals surface area (Å²) in [7, 11) is 0. The van der Waals surface area contributed by atoms with Gasteiger partial charge in [0.2, 0.25) is 5.95 Å². The van der Waals surface area contributed by atoms with Crippen LogP contribution in [-0.2, 0) is 17.7 Å². The molecule has 1 saturated heterocycles. The van der Waals surface area contributed by atoms with E-state index in [1.54, 1.807) is 10.9 Å². The average Bonchev–Trinajstić information content (AvgIpc) is 3.21. The van der Waals surface area contributed by atoms with Crippen LogP contribution in [0.3, 0.4) is 0 Å². The second kappa shape index (κ2) is 10.5. The Kier molecular flexibility index (Phi) is 7.44. The SMILES string of the molecule is Cc1cc(Nc2nccc(CC(F)(F)F)n2)cc(-c2cnn(CC(O)CN3CCOCC3)c2)c1. The van der Waals surface area contributed by atoms with E-state index in [0.717, 1.165) is 29.8 Å². The zero-order chi connectivity index (χ0) is 24.1. The number of aliphatic hydroxyl groups is 1. The smallest absolute Gasteiger partial charge is 0.390 e. The van der Waals surface area contributed by atoms with Crippen molar-refractivity contribution in [2.24, 2.45) is 0 Å². The highest BCUT2D eigenvalue weighted by atomic mass is 19.4. The summed E-state index contributed by atoms with van der Waals surface area (Å²) in [5.41, 5.74) is 3.24. The molecule has 1 aliphatic rings. The molecule has 0 radical (unpaired) electrons. The first-order valence-corrected chi connectivity index (χ1v) is 11.0. The number of aryl methyl sites for hydroxylation is 1. The van der Waals surface area contributed by atoms with Crippen LogP contribution >= 0.6 is 0 Å². The molecule has 34 heavy (non-hydrogen) atoms. The van der Waals surface area contributed by atoms with Crippen LogP contribution in [0, 0.1) is 6.92 Å². The molecular formula is C23H27F3N6O2. The van der Waals surface area contributed by atoms with Gasteiger partial charge < -0.3 is 15.2 Å². The quantitative estimate of drug-likeness (QED) is 0.516. The monoisotopic (exact) mass is 476 g/mol. The van der Waals surface area contributed by atoms with E-state index >= 15 is 0 Å². The lowest BCUT2D eigenvalue weighted by molar-refractivity contribution is -0.127. The number of benzene rings is 1. The Hall–Kier alpha value is -3.02. The van der Waals surface area contributed by atoms with Crippen LogP contribution in [0.25, 0.3) is 11.1 Å². The number of rotatable bonds is 8. The fourth-order valence-electron chi connectivity index (χ4n) is 3.88. The third kappa shape index (κ3) is 6.99. The summed E-state index contributed by atoms with van der Waals surface area (Å²) < 4.78 is 45.1. The van der Waals surface area contributed by atoms with Crippen LogP contribution in [0.5, 0.6) is 0 Å². The number of ether oxygens (including phenoxy) is 1. The normalized spacial score (nSPS) is 15.9. The minimum absolute atomic E-state index is 0.0974. The number of aliphatic hydroxyl groups excluding tert-OH is 1. The summed E-state index contributed by atoms with van der Waals surface area (Å²) in [4.78, 5) is 10.2. The van der Waals surface area contributed by atoms with Gasteiger partial charge >= 0.3 is 6.18 Å². The first-order chi connectivity index (χ1) is 16.2. The zero-order valence-corrected chi connectivity index (χ0v) is 18.8. The summed E-state index contributed by atoms with van der Waals surface area (Å²) >= 11 is 0. The van der Waals surface area contributed by atoms with E-state index in [0.29, 0.717) is 32.0 Å². The minimum atomic E-state index is -4.34. The van der Waals surface area contributed by atoms with Crippen molar-refractivity contribution in [3.05, 3.63) is 54.1 Å². The molecule has 2 aromatic heterocycles. The van der Waals surface area contributed by atoms with Gasteiger partial charge in [-0.25, -0.2) is 9.97 Å². The summed E-state index contributed by atoms with van der Waals surface area (Å²) in [5.74, 6) is 0.0974. The van der Waals surface area contributed by atoms with E-state index in [4.69, 9.17) is 4.74 Å². The van der Waals surface area contributed by atoms with Gasteiger partial charge in [-0.3, -0.25) is 9.58 Å². The first kappa shape index (κ1) is 24.1. The van der Waals surface area contributed by atoms with Crippen molar-refractivity contribution in [1.29, 1.82) is 0 Å². The molecule has 1 fully saturated rings. The maximum Gasteiger partial charge on any atom is 0.394 e. The number of β-amino-alcohol motifs (C(OH)–C–C–N with tert-alkyl or cyclic N) is 1. The highest BCUT2D eigenvalue weighted by Crippen LogP contribution is 2.26. The van der Waals surface area contributed by atoms with E-state index in [1.165, 1.54) is 12.3 Å². The predicted molar refractivity (Wildman–Crippen MR) is 121 cm³/mol. The molecule has 1 unspecified atom stereocenters. The molecular weight excluding hydrogens is 449 g/mol. The average molecular weight is 477 g/mol. The van der Waals surface area contributed by atoms with Gasteiger partial charge in [-0.1, -0.05) is 6.07 Å². The van der Waals surface area contributed by atoms with Gasteiger partial charge in [0.25, 0.3) is 0 Å². The van der Waals surface area contributed by atoms with Crippen molar-refractivity contribution < 1.29 is 23.0 Å². The van der Waals surface area contributed by atoms with Gasteiger partial charge in [0.05, 0.1) is 44.2 Å². The lowest BCUT2D eigenvalue weighted by Crippen LogP contribution is -2.42. The minimum Gasteiger partial charge on any atom is -0.390 e. The number of hydrogen-bond acceptors (Lipinski definition) is 7. The van der Waals surface area contributed by atoms with Gasteiger partial charge in [0.15, 0.2) is 0 Å². The molecule has 4 rings (SSSR count). The van der Waals surface area contributed by atoms with Crippen LogP contribution in [0.1, 0.15) is 11.3 Å². The maximum absolute atomic E-state index is 12.7. The van der Waals surface area contributed by atoms with Gasteiger partial charge in [-0.2, -0.15) is 18.3 Å². The summed E-state index contributed by atoms with van der Waals surface area (Å²) in [5, 5.41) is 17.8. The van der Waals surface area contributed by atoms with E-state index < -0.39 is 18.7 Å². The van der Waals surface area contributed by atoms with Crippen LogP contribution in [-0.4, -0.2) is 74.9 Å². The molecule has 182 valence electrons. The molecule has 0 bridgehead atoms. The van der Waals surface area contributed by atoms with Crippen LogP contribution in [0.2, 0.25) is 0 Å². The van der Waals surface area contributed by atoms with Crippen molar-refractivity contribution in [3.8, 4) is 11.1 Å². The summed E-state index contributed by atoms with van der Waals surface area (Å²) in [6.07, 6.45) is -1.11. The molecule has 0 saturated carbocycles. The van der Waals surface area contributed by atoms with E-state index in [-0.39, 0.29) is 11.6 Å². The Morgan fingerprint density at radius 2 is 1.94 bits per heavy atom. The molecule has 1 aromatic carbocycles. The molecule has 2 N–H and O–H groups in total. The topological polar surface area (TPSA) is 88.3 Å². The molecule has 0 amide bonds. The number of aromatic nitrogens is 4. The molecule has 3 aromatic rings. The lowest BCUT2D eigenvalue weighted by atomic mass is 10.1. The molecule has 0 spiro atoms. The van der Waals surface area contributed by atoms with Gasteiger partial charge in [-0.05, 0) is 36.2 Å². The highest BCUT2D eigenvalue weighted by molar-refractivity contribution is 5.70. The van der Waals surface area contributed by atoms with Gasteiger partial charge in [0.1, 0.15) is 0 Å². The number of alkyl halides is 3. The number of nitrogens with zero attached hydrogens (tertiary/aromatic N) is 5. The van der Waals surface area contributed by atoms with Crippen molar-refractivity contribution in [3.63, 3.8) is 0 Å². The third-order valence-corrected chi connectivity index (χ3v) is 5.37. The predicted octanol–water partition coefficient (Wildman–Crippen LogP) is 3.19. The first-order valence-electron chi connectivity index (χ1n) is 11.0. The number of halogens is 3. The largest absolute Gasteiger partial charge is 0.394 e. The lowest BCUT2D eigenvalue weighted by Gasteiger charge is -2.28. The molecule has 3 heterocycles. The van der Waals surface area contributed by atoms with Crippen molar-refractivity contribution >= 4 is 11.6 Å². The highest BCUT2D eigenvalue weighted by Gasteiger charge is 2.28. The molecule has 1 atom stereocenters. The van der Waals surface area contributed by atoms with Crippen LogP contribution in [0.4, 0.5) is 24.8 Å². The Bertz CT molecular complexity index is 1100. The molecule has 8 nitrogen and oxygen atoms in total. The summed E-state index contributed by atoms with van der Waals surface area (Å²) in [6, 6.07) is 6.96. The van der Waals surface area contributed by atoms with E-state index in [9.17, 15) is 18.3 Å². The molecule has 0 aliphatic carbocycles. The standard InChI is InChI=1S/C23H27F3N6O2/c1-16-8-17(10-20(9-16)30-22-27-3-2-19(29-22)11-23(24,25)26)18-12-28-32(13-18)15-21(33)14-31-4-6-34-7-5-31/h2-3,8-10,12-13,21,33H,4-7,11,14-15H2,1H3,(H,27,29,30). The number of hydrogen-bond donors (Lipinski definition) is 2. The van der Waals surface area contributed by atoms with Crippen molar-refractivity contribution in [2.75, 3.05) is 38.2 Å². The van der Waals surface area contributed by atoms with Gasteiger partial charge in [-0.15, -0.1) is 0 Å². The Labute approximate surface area is 195 Å². The fraction of sp³-hybridized carbons (Fsp3) is 0.435. The Balaban J connectivity index is 1.43. The maximum atomic E-state index is 12.7.